The summed E-state index contributed by atoms with van der Waals surface area (Å²) in [7, 11) is 0. The van der Waals surface area contributed by atoms with Crippen LogP contribution in [0.1, 0.15) is 0 Å². The Bertz CT molecular complexity index is 168. The summed E-state index contributed by atoms with van der Waals surface area (Å²) in [5.41, 5.74) is 0. The summed E-state index contributed by atoms with van der Waals surface area (Å²) in [5.74, 6) is -2.09. The van der Waals surface area contributed by atoms with Gasteiger partial charge in [-0.3, -0.25) is 9.59 Å². The summed E-state index contributed by atoms with van der Waals surface area (Å²) < 4.78 is 0. The molecule has 0 spiro atoms. The third-order valence-corrected chi connectivity index (χ3v) is 0.506. The van der Waals surface area contributed by atoms with Gasteiger partial charge in [-0.25, -0.2) is 4.79 Å². The number of carboxylic acid groups (broad SMARTS) is 1. The molecule has 4 nitrogen and oxygen atoms in total. The minimum absolute atomic E-state index is 0.0411. The highest BCUT2D eigenvalue weighted by Gasteiger charge is 1.91. The van der Waals surface area contributed by atoms with Crippen molar-refractivity contribution in [3.63, 3.8) is 0 Å². The SMILES string of the molecule is O=CC(=O)C=CC(=O)O. The molecule has 9 heavy (non-hydrogen) atoms. The molecule has 0 unspecified atom stereocenters. The smallest absolute Gasteiger partial charge is 0.328 e. The largest absolute Gasteiger partial charge is 0.478 e. The van der Waals surface area contributed by atoms with Crippen molar-refractivity contribution in [1.82, 2.24) is 0 Å². The first-order valence-electron chi connectivity index (χ1n) is 2.07. The fourth-order valence-corrected chi connectivity index (χ4v) is 0.193. The fraction of sp³-hybridized carbons (Fsp3) is 0. The molecule has 4 heteroatoms. The van der Waals surface area contributed by atoms with Gasteiger partial charge in [0.1, 0.15) is 0 Å². The molecule has 0 aliphatic heterocycles. The van der Waals surface area contributed by atoms with Gasteiger partial charge < -0.3 is 5.11 Å². The second kappa shape index (κ2) is 3.54. The minimum atomic E-state index is -1.25. The summed E-state index contributed by atoms with van der Waals surface area (Å²) in [4.78, 5) is 29.2. The van der Waals surface area contributed by atoms with Gasteiger partial charge in [-0.1, -0.05) is 0 Å². The maximum Gasteiger partial charge on any atom is 0.328 e. The van der Waals surface area contributed by atoms with Crippen LogP contribution < -0.4 is 0 Å². The lowest BCUT2D eigenvalue weighted by Gasteiger charge is -1.74. The first-order chi connectivity index (χ1) is 4.16. The van der Waals surface area contributed by atoms with Crippen LogP contribution in [-0.2, 0) is 14.4 Å². The van der Waals surface area contributed by atoms with Gasteiger partial charge in [0.25, 0.3) is 0 Å². The Morgan fingerprint density at radius 3 is 2.11 bits per heavy atom. The zero-order valence-electron chi connectivity index (χ0n) is 4.40. The second-order valence-corrected chi connectivity index (χ2v) is 1.19. The van der Waals surface area contributed by atoms with Crippen molar-refractivity contribution in [3.05, 3.63) is 12.2 Å². The highest BCUT2D eigenvalue weighted by Crippen LogP contribution is 1.72. The monoisotopic (exact) mass is 128 g/mol. The number of carbonyl (C=O) groups excluding carboxylic acids is 2. The minimum Gasteiger partial charge on any atom is -0.478 e. The summed E-state index contributed by atoms with van der Waals surface area (Å²) in [6.07, 6.45) is 1.34. The van der Waals surface area contributed by atoms with Crippen molar-refractivity contribution in [2.24, 2.45) is 0 Å². The lowest BCUT2D eigenvalue weighted by atomic mass is 10.4. The maximum absolute atomic E-state index is 10.00. The summed E-state index contributed by atoms with van der Waals surface area (Å²) in [5, 5.41) is 7.90. The normalized spacial score (nSPS) is 9.33. The van der Waals surface area contributed by atoms with Crippen molar-refractivity contribution in [2.45, 2.75) is 0 Å². The number of carboxylic acids is 1. The fourth-order valence-electron chi connectivity index (χ4n) is 0.193. The van der Waals surface area contributed by atoms with Gasteiger partial charge in [-0.2, -0.15) is 0 Å². The molecule has 0 heterocycles. The van der Waals surface area contributed by atoms with E-state index in [-0.39, 0.29) is 6.29 Å². The molecular weight excluding hydrogens is 124 g/mol. The van der Waals surface area contributed by atoms with E-state index in [1.54, 1.807) is 0 Å². The lowest BCUT2D eigenvalue weighted by molar-refractivity contribution is -0.131. The molecule has 0 bridgehead atoms. The van der Waals surface area contributed by atoms with E-state index in [1.165, 1.54) is 0 Å². The third kappa shape index (κ3) is 4.40. The van der Waals surface area contributed by atoms with Gasteiger partial charge in [-0.15, -0.1) is 0 Å². The van der Waals surface area contributed by atoms with Crippen LogP contribution in [-0.4, -0.2) is 23.1 Å². The third-order valence-electron chi connectivity index (χ3n) is 0.506. The zero-order chi connectivity index (χ0) is 7.28. The molecule has 0 aromatic heterocycles. The van der Waals surface area contributed by atoms with Crippen LogP contribution in [0.5, 0.6) is 0 Å². The van der Waals surface area contributed by atoms with Crippen LogP contribution >= 0.6 is 0 Å². The Balaban J connectivity index is 3.85. The predicted molar refractivity (Wildman–Crippen MR) is 27.8 cm³/mol. The number of hydrogen-bond acceptors (Lipinski definition) is 3. The molecule has 0 saturated carbocycles. The Morgan fingerprint density at radius 2 is 1.78 bits per heavy atom. The number of carbonyl (C=O) groups is 3. The van der Waals surface area contributed by atoms with E-state index in [2.05, 4.69) is 0 Å². The highest BCUT2D eigenvalue weighted by atomic mass is 16.4. The zero-order valence-corrected chi connectivity index (χ0v) is 4.40. The number of allylic oxidation sites excluding steroid dienone is 1. The van der Waals surface area contributed by atoms with E-state index >= 15 is 0 Å². The number of hydrogen-bond donors (Lipinski definition) is 1. The standard InChI is InChI=1S/C5H4O4/c6-3-4(7)1-2-5(8)9/h1-3H,(H,8,9). The van der Waals surface area contributed by atoms with Crippen LogP contribution in [0.4, 0.5) is 0 Å². The van der Waals surface area contributed by atoms with Crippen molar-refractivity contribution in [1.29, 1.82) is 0 Å². The van der Waals surface area contributed by atoms with Gasteiger partial charge in [-0.05, 0) is 6.08 Å². The molecule has 0 fully saturated rings. The summed E-state index contributed by atoms with van der Waals surface area (Å²) >= 11 is 0. The average Bonchev–Trinajstić information content (AvgIpc) is 1.83. The quantitative estimate of drug-likeness (QED) is 0.313. The van der Waals surface area contributed by atoms with Crippen LogP contribution in [0.15, 0.2) is 12.2 Å². The number of aliphatic carboxylic acids is 1. The molecule has 0 rings (SSSR count). The molecule has 0 radical (unpaired) electrons. The van der Waals surface area contributed by atoms with Crippen molar-refractivity contribution in [3.8, 4) is 0 Å². The molecule has 0 atom stereocenters. The Kier molecular flexibility index (Phi) is 2.97. The van der Waals surface area contributed by atoms with E-state index in [0.29, 0.717) is 12.2 Å². The first kappa shape index (κ1) is 7.55. The number of rotatable bonds is 3. The summed E-state index contributed by atoms with van der Waals surface area (Å²) in [6, 6.07) is 0. The first-order valence-corrected chi connectivity index (χ1v) is 2.07. The predicted octanol–water partition coefficient (Wildman–Crippen LogP) is -0.605. The molecule has 0 aliphatic rings. The topological polar surface area (TPSA) is 71.4 Å². The Labute approximate surface area is 50.8 Å². The van der Waals surface area contributed by atoms with Gasteiger partial charge >= 0.3 is 5.97 Å². The molecule has 0 aliphatic carbocycles. The van der Waals surface area contributed by atoms with E-state index in [9.17, 15) is 14.4 Å². The van der Waals surface area contributed by atoms with Crippen molar-refractivity contribution in [2.75, 3.05) is 0 Å². The highest BCUT2D eigenvalue weighted by molar-refractivity contribution is 6.31. The van der Waals surface area contributed by atoms with Crippen molar-refractivity contribution < 1.29 is 19.5 Å². The van der Waals surface area contributed by atoms with E-state index < -0.39 is 11.8 Å². The van der Waals surface area contributed by atoms with Crippen LogP contribution in [0.25, 0.3) is 0 Å². The van der Waals surface area contributed by atoms with E-state index in [0.717, 1.165) is 0 Å². The van der Waals surface area contributed by atoms with E-state index in [1.807, 2.05) is 0 Å². The van der Waals surface area contributed by atoms with E-state index in [4.69, 9.17) is 5.11 Å². The van der Waals surface area contributed by atoms with Crippen LogP contribution in [0.2, 0.25) is 0 Å². The van der Waals surface area contributed by atoms with Crippen LogP contribution in [0, 0.1) is 0 Å². The Hall–Kier alpha value is -1.45. The van der Waals surface area contributed by atoms with Gasteiger partial charge in [0.15, 0.2) is 6.29 Å². The maximum atomic E-state index is 10.00. The molecular formula is C5H4O4. The molecule has 48 valence electrons. The molecule has 0 saturated heterocycles. The molecule has 0 aromatic carbocycles. The lowest BCUT2D eigenvalue weighted by Crippen LogP contribution is -1.94. The molecule has 1 N–H and O–H groups in total. The van der Waals surface area contributed by atoms with Crippen LogP contribution in [0.3, 0.4) is 0 Å². The Morgan fingerprint density at radius 1 is 1.22 bits per heavy atom. The second-order valence-electron chi connectivity index (χ2n) is 1.19. The molecule has 0 aromatic rings. The number of aldehydes is 1. The summed E-state index contributed by atoms with van der Waals surface area (Å²) in [6.45, 7) is 0. The number of ketones is 1. The van der Waals surface area contributed by atoms with Crippen molar-refractivity contribution >= 4 is 18.0 Å². The van der Waals surface area contributed by atoms with Gasteiger partial charge in [0, 0.05) is 6.08 Å². The van der Waals surface area contributed by atoms with Gasteiger partial charge in [0.2, 0.25) is 5.78 Å². The average molecular weight is 128 g/mol. The molecule has 0 amide bonds. The van der Waals surface area contributed by atoms with Gasteiger partial charge in [0.05, 0.1) is 0 Å².